The summed E-state index contributed by atoms with van der Waals surface area (Å²) in [6.45, 7) is 4.36. The van der Waals surface area contributed by atoms with Crippen LogP contribution in [-0.4, -0.2) is 22.7 Å². The molecule has 1 aromatic heterocycles. The largest absolute Gasteiger partial charge is 0.338 e. The van der Waals surface area contributed by atoms with E-state index >= 15 is 0 Å². The molecule has 0 aliphatic rings. The molecule has 84 valence electrons. The average molecular weight is 213 g/mol. The quantitative estimate of drug-likeness (QED) is 0.648. The van der Waals surface area contributed by atoms with E-state index in [9.17, 15) is 4.79 Å². The normalized spacial score (nSPS) is 12.2. The first-order chi connectivity index (χ1) is 7.13. The molecule has 1 rings (SSSR count). The maximum absolute atomic E-state index is 11.0. The fourth-order valence-electron chi connectivity index (χ4n) is 0.904. The van der Waals surface area contributed by atoms with Crippen molar-refractivity contribution in [3.05, 3.63) is 11.7 Å². The Morgan fingerprint density at radius 2 is 2.33 bits per heavy atom. The number of carbonyl (C=O) groups is 1. The minimum Gasteiger partial charge on any atom is -0.338 e. The van der Waals surface area contributed by atoms with Crippen LogP contribution in [0.15, 0.2) is 4.52 Å². The summed E-state index contributed by atoms with van der Waals surface area (Å²) >= 11 is 0. The third-order valence-electron chi connectivity index (χ3n) is 1.63. The molecule has 1 aromatic rings. The van der Waals surface area contributed by atoms with Gasteiger partial charge >= 0.3 is 6.03 Å². The summed E-state index contributed by atoms with van der Waals surface area (Å²) in [4.78, 5) is 15.0. The van der Waals surface area contributed by atoms with Crippen molar-refractivity contribution in [1.82, 2.24) is 20.8 Å². The lowest BCUT2D eigenvalue weighted by Crippen LogP contribution is -2.34. The van der Waals surface area contributed by atoms with E-state index in [2.05, 4.69) is 20.8 Å². The van der Waals surface area contributed by atoms with Crippen molar-refractivity contribution in [2.45, 2.75) is 26.4 Å². The molecular formula is C8H15N5O2. The number of nitrogens with one attached hydrogen (secondary N) is 2. The number of hydrogen-bond acceptors (Lipinski definition) is 5. The van der Waals surface area contributed by atoms with Crippen molar-refractivity contribution in [3.63, 3.8) is 0 Å². The van der Waals surface area contributed by atoms with Crippen LogP contribution in [0.2, 0.25) is 0 Å². The molecule has 7 heteroatoms. The van der Waals surface area contributed by atoms with Crippen LogP contribution in [0.5, 0.6) is 0 Å². The van der Waals surface area contributed by atoms with Crippen LogP contribution in [-0.2, 0) is 6.54 Å². The number of aromatic nitrogens is 2. The Hall–Kier alpha value is -1.63. The van der Waals surface area contributed by atoms with Crippen LogP contribution in [0.1, 0.15) is 31.6 Å². The second-order valence-electron chi connectivity index (χ2n) is 3.05. The molecule has 0 bridgehead atoms. The van der Waals surface area contributed by atoms with E-state index in [1.807, 2.05) is 6.92 Å². The average Bonchev–Trinajstić information content (AvgIpc) is 2.63. The van der Waals surface area contributed by atoms with Crippen LogP contribution in [0.4, 0.5) is 4.79 Å². The van der Waals surface area contributed by atoms with Gasteiger partial charge < -0.3 is 20.9 Å². The summed E-state index contributed by atoms with van der Waals surface area (Å²) in [6.07, 6.45) is 0. The first kappa shape index (κ1) is 11.4. The molecule has 0 radical (unpaired) electrons. The van der Waals surface area contributed by atoms with Crippen molar-refractivity contribution in [3.8, 4) is 0 Å². The van der Waals surface area contributed by atoms with Gasteiger partial charge in [0.15, 0.2) is 5.82 Å². The number of rotatable bonds is 4. The molecule has 0 fully saturated rings. The molecule has 1 unspecified atom stereocenters. The van der Waals surface area contributed by atoms with Gasteiger partial charge in [0, 0.05) is 6.54 Å². The van der Waals surface area contributed by atoms with Crippen molar-refractivity contribution < 1.29 is 9.32 Å². The fraction of sp³-hybridized carbons (Fsp3) is 0.625. The molecular weight excluding hydrogens is 198 g/mol. The Bertz CT molecular complexity index is 323. The van der Waals surface area contributed by atoms with Gasteiger partial charge in [0.25, 0.3) is 0 Å². The van der Waals surface area contributed by atoms with Crippen LogP contribution in [0.25, 0.3) is 0 Å². The molecule has 0 spiro atoms. The summed E-state index contributed by atoms with van der Waals surface area (Å²) in [5, 5.41) is 8.80. The molecule has 0 aliphatic carbocycles. The number of amides is 2. The van der Waals surface area contributed by atoms with E-state index in [-0.39, 0.29) is 18.6 Å². The van der Waals surface area contributed by atoms with E-state index in [1.54, 1.807) is 6.92 Å². The summed E-state index contributed by atoms with van der Waals surface area (Å²) in [5.41, 5.74) is 5.55. The Labute approximate surface area is 87.4 Å². The zero-order valence-corrected chi connectivity index (χ0v) is 8.78. The molecule has 0 aliphatic heterocycles. The molecule has 0 saturated carbocycles. The molecule has 0 saturated heterocycles. The smallest absolute Gasteiger partial charge is 0.315 e. The van der Waals surface area contributed by atoms with Gasteiger partial charge in [-0.25, -0.2) is 4.79 Å². The first-order valence-electron chi connectivity index (χ1n) is 4.73. The van der Waals surface area contributed by atoms with Gasteiger partial charge in [-0.1, -0.05) is 5.16 Å². The fourth-order valence-corrected chi connectivity index (χ4v) is 0.904. The third-order valence-corrected chi connectivity index (χ3v) is 1.63. The van der Waals surface area contributed by atoms with E-state index < -0.39 is 0 Å². The highest BCUT2D eigenvalue weighted by Gasteiger charge is 2.10. The van der Waals surface area contributed by atoms with Crippen LogP contribution in [0.3, 0.4) is 0 Å². The SMILES string of the molecule is CCNC(=O)NCc1nc(C(C)N)no1. The predicted octanol–water partition coefficient (Wildman–Crippen LogP) is -0.0916. The molecule has 1 heterocycles. The predicted molar refractivity (Wildman–Crippen MR) is 52.8 cm³/mol. The van der Waals surface area contributed by atoms with Crippen molar-refractivity contribution in [1.29, 1.82) is 0 Å². The van der Waals surface area contributed by atoms with Crippen molar-refractivity contribution >= 4 is 6.03 Å². The van der Waals surface area contributed by atoms with Crippen LogP contribution in [0, 0.1) is 0 Å². The Morgan fingerprint density at radius 3 is 2.87 bits per heavy atom. The second kappa shape index (κ2) is 5.30. The van der Waals surface area contributed by atoms with E-state index in [4.69, 9.17) is 10.3 Å². The number of hydrogen-bond donors (Lipinski definition) is 3. The van der Waals surface area contributed by atoms with Gasteiger partial charge in [-0.2, -0.15) is 4.98 Å². The molecule has 1 atom stereocenters. The Kier molecular flexibility index (Phi) is 4.04. The van der Waals surface area contributed by atoms with Gasteiger partial charge in [-0.15, -0.1) is 0 Å². The lowest BCUT2D eigenvalue weighted by atomic mass is 10.3. The summed E-state index contributed by atoms with van der Waals surface area (Å²) in [7, 11) is 0. The topological polar surface area (TPSA) is 106 Å². The lowest BCUT2D eigenvalue weighted by Gasteiger charge is -2.01. The van der Waals surface area contributed by atoms with E-state index in [0.717, 1.165) is 0 Å². The molecule has 7 nitrogen and oxygen atoms in total. The summed E-state index contributed by atoms with van der Waals surface area (Å²) in [6, 6.07) is -0.537. The first-order valence-corrected chi connectivity index (χ1v) is 4.73. The van der Waals surface area contributed by atoms with Crippen molar-refractivity contribution in [2.24, 2.45) is 5.73 Å². The number of nitrogens with two attached hydrogens (primary N) is 1. The summed E-state index contributed by atoms with van der Waals surface area (Å²) < 4.78 is 4.87. The summed E-state index contributed by atoms with van der Waals surface area (Å²) in [5.74, 6) is 0.774. The number of carbonyl (C=O) groups excluding carboxylic acids is 1. The third kappa shape index (κ3) is 3.55. The maximum Gasteiger partial charge on any atom is 0.315 e. The van der Waals surface area contributed by atoms with Crippen LogP contribution < -0.4 is 16.4 Å². The standard InChI is InChI=1S/C8H15N5O2/c1-3-10-8(14)11-4-6-12-7(5(2)9)13-15-6/h5H,3-4,9H2,1-2H3,(H2,10,11,14). The van der Waals surface area contributed by atoms with E-state index in [1.165, 1.54) is 0 Å². The lowest BCUT2D eigenvalue weighted by molar-refractivity contribution is 0.239. The van der Waals surface area contributed by atoms with Gasteiger partial charge in [-0.3, -0.25) is 0 Å². The van der Waals surface area contributed by atoms with Gasteiger partial charge in [0.1, 0.15) is 0 Å². The van der Waals surface area contributed by atoms with Crippen molar-refractivity contribution in [2.75, 3.05) is 6.54 Å². The molecule has 0 aromatic carbocycles. The minimum absolute atomic E-state index is 0.200. The highest BCUT2D eigenvalue weighted by atomic mass is 16.5. The monoisotopic (exact) mass is 213 g/mol. The van der Waals surface area contributed by atoms with Gasteiger partial charge in [-0.05, 0) is 13.8 Å². The zero-order chi connectivity index (χ0) is 11.3. The van der Waals surface area contributed by atoms with Gasteiger partial charge in [0.05, 0.1) is 12.6 Å². The van der Waals surface area contributed by atoms with Crippen LogP contribution >= 0.6 is 0 Å². The second-order valence-corrected chi connectivity index (χ2v) is 3.05. The number of urea groups is 1. The molecule has 4 N–H and O–H groups in total. The number of nitrogens with zero attached hydrogens (tertiary/aromatic N) is 2. The van der Waals surface area contributed by atoms with Gasteiger partial charge in [0.2, 0.25) is 5.89 Å². The highest BCUT2D eigenvalue weighted by molar-refractivity contribution is 5.73. The molecule has 2 amide bonds. The Morgan fingerprint density at radius 1 is 1.60 bits per heavy atom. The zero-order valence-electron chi connectivity index (χ0n) is 8.78. The minimum atomic E-state index is -0.271. The Balaban J connectivity index is 2.41. The highest BCUT2D eigenvalue weighted by Crippen LogP contribution is 2.04. The maximum atomic E-state index is 11.0. The molecule has 15 heavy (non-hydrogen) atoms. The van der Waals surface area contributed by atoms with E-state index in [0.29, 0.717) is 18.3 Å².